The summed E-state index contributed by atoms with van der Waals surface area (Å²) in [6.07, 6.45) is 10.7. The van der Waals surface area contributed by atoms with Gasteiger partial charge in [0, 0.05) is 29.6 Å². The number of methoxy groups -OCH3 is 1. The van der Waals surface area contributed by atoms with Crippen LogP contribution in [0.4, 0.5) is 10.1 Å². The zero-order valence-electron chi connectivity index (χ0n) is 23.5. The number of nitrogens with one attached hydrogen (secondary N) is 1. The van der Waals surface area contributed by atoms with Gasteiger partial charge in [0.25, 0.3) is 0 Å². The number of nitrogens with two attached hydrogens (primary N) is 2. The maximum Gasteiger partial charge on any atom is 0.206 e. The quantitative estimate of drug-likeness (QED) is 0.214. The van der Waals surface area contributed by atoms with Crippen LogP contribution in [0.3, 0.4) is 0 Å². The van der Waals surface area contributed by atoms with Gasteiger partial charge < -0.3 is 26.3 Å². The minimum absolute atomic E-state index is 0.273. The summed E-state index contributed by atoms with van der Waals surface area (Å²) < 4.78 is 24.6. The smallest absolute Gasteiger partial charge is 0.206 e. The van der Waals surface area contributed by atoms with E-state index in [4.69, 9.17) is 30.7 Å². The van der Waals surface area contributed by atoms with Crippen molar-refractivity contribution in [2.24, 2.45) is 5.73 Å². The van der Waals surface area contributed by atoms with Gasteiger partial charge in [-0.15, -0.1) is 0 Å². The van der Waals surface area contributed by atoms with Gasteiger partial charge in [0.15, 0.2) is 0 Å². The van der Waals surface area contributed by atoms with E-state index in [1.165, 1.54) is 12.1 Å². The van der Waals surface area contributed by atoms with E-state index >= 15 is 0 Å². The maximum atomic E-state index is 13.4. The predicted octanol–water partition coefficient (Wildman–Crippen LogP) is 6.06. The van der Waals surface area contributed by atoms with E-state index in [1.54, 1.807) is 32.5 Å². The normalized spacial score (nSPS) is 10.3. The largest absolute Gasteiger partial charge is 0.496 e. The van der Waals surface area contributed by atoms with Crippen LogP contribution in [0.2, 0.25) is 0 Å². The summed E-state index contributed by atoms with van der Waals surface area (Å²) in [6.45, 7) is 6.53. The van der Waals surface area contributed by atoms with Gasteiger partial charge in [0.1, 0.15) is 23.0 Å². The number of halogens is 1. The Morgan fingerprint density at radius 3 is 2.33 bits per heavy atom. The summed E-state index contributed by atoms with van der Waals surface area (Å²) in [6, 6.07) is 14.0. The molecule has 2 aromatic carbocycles. The highest BCUT2D eigenvalue weighted by atomic mass is 19.1. The van der Waals surface area contributed by atoms with Crippen LogP contribution in [-0.4, -0.2) is 32.2 Å². The Morgan fingerprint density at radius 1 is 1.10 bits per heavy atom. The van der Waals surface area contributed by atoms with Crippen LogP contribution in [0.25, 0.3) is 17.3 Å². The van der Waals surface area contributed by atoms with Crippen molar-refractivity contribution in [2.75, 3.05) is 26.5 Å². The van der Waals surface area contributed by atoms with Gasteiger partial charge in [-0.3, -0.25) is 4.79 Å². The fourth-order valence-corrected chi connectivity index (χ4v) is 3.47. The third-order valence-corrected chi connectivity index (χ3v) is 5.28. The topological polar surface area (TPSA) is 112 Å². The fraction of sp³-hybridized carbons (Fsp3) is 0.290. The molecule has 3 aromatic rings. The van der Waals surface area contributed by atoms with Gasteiger partial charge >= 0.3 is 0 Å². The number of aryl methyl sites for hydroxylation is 2. The first kappa shape index (κ1) is 32.7. The van der Waals surface area contributed by atoms with E-state index in [0.717, 1.165) is 58.8 Å². The second-order valence-electron chi connectivity index (χ2n) is 8.20. The van der Waals surface area contributed by atoms with E-state index in [-0.39, 0.29) is 5.82 Å². The lowest BCUT2D eigenvalue weighted by Crippen LogP contribution is -2.02. The molecule has 0 bridgehead atoms. The number of hydrogen-bond acceptors (Lipinski definition) is 6. The van der Waals surface area contributed by atoms with Gasteiger partial charge in [-0.05, 0) is 87.3 Å². The van der Waals surface area contributed by atoms with Crippen molar-refractivity contribution in [3.8, 4) is 22.8 Å². The van der Waals surface area contributed by atoms with Gasteiger partial charge in [-0.1, -0.05) is 31.2 Å². The van der Waals surface area contributed by atoms with Gasteiger partial charge in [-0.25, -0.2) is 9.37 Å². The summed E-state index contributed by atoms with van der Waals surface area (Å²) in [7, 11) is 3.20. The van der Waals surface area contributed by atoms with E-state index < -0.39 is 0 Å². The molecule has 1 amide bonds. The van der Waals surface area contributed by atoms with Crippen molar-refractivity contribution in [3.05, 3.63) is 89.5 Å². The lowest BCUT2D eigenvalue weighted by Gasteiger charge is -2.14. The Balaban J connectivity index is 0.000000733. The summed E-state index contributed by atoms with van der Waals surface area (Å²) in [5, 5.41) is 2.25. The predicted molar refractivity (Wildman–Crippen MR) is 159 cm³/mol. The van der Waals surface area contributed by atoms with Gasteiger partial charge in [-0.2, -0.15) is 0 Å². The molecule has 0 saturated carbocycles. The SMILES string of the molecule is CC/C=C/N.CCOc1c(C)cc(CC/C=C/c2c(N)cccc2OC)nc1-c1ccc(F)cc1.CNC=O. The van der Waals surface area contributed by atoms with Crippen molar-refractivity contribution in [3.63, 3.8) is 0 Å². The Morgan fingerprint density at radius 2 is 1.79 bits per heavy atom. The standard InChI is InChI=1S/C25H27FN2O2.C4H9N.C2H5NO/c1-4-30-25-17(2)16-20(28-24(25)18-12-14-19(26)15-13-18)8-5-6-9-21-22(27)10-7-11-23(21)29-3;1-2-3-4-5;1-3-2-4/h6-7,9-16H,4-5,8,27H2,1-3H3;3-4H,2,5H2,1H3;2H,1H3,(H,3,4)/b9-6+;4-3+;. The molecule has 0 unspecified atom stereocenters. The molecule has 5 N–H and O–H groups in total. The molecule has 39 heavy (non-hydrogen) atoms. The molecule has 1 heterocycles. The molecule has 210 valence electrons. The first-order valence-corrected chi connectivity index (χ1v) is 12.8. The van der Waals surface area contributed by atoms with E-state index in [2.05, 4.69) is 11.4 Å². The van der Waals surface area contributed by atoms with Crippen molar-refractivity contribution in [2.45, 2.75) is 40.0 Å². The fourth-order valence-electron chi connectivity index (χ4n) is 3.47. The summed E-state index contributed by atoms with van der Waals surface area (Å²) in [4.78, 5) is 13.9. The molecule has 8 heteroatoms. The molecule has 0 saturated heterocycles. The van der Waals surface area contributed by atoms with Crippen LogP contribution in [0.1, 0.15) is 43.5 Å². The number of hydrogen-bond donors (Lipinski definition) is 3. The number of pyridine rings is 1. The van der Waals surface area contributed by atoms with Crippen LogP contribution < -0.4 is 26.3 Å². The molecule has 0 spiro atoms. The number of amides is 1. The van der Waals surface area contributed by atoms with Crippen LogP contribution in [0.15, 0.2) is 66.9 Å². The highest BCUT2D eigenvalue weighted by Crippen LogP contribution is 2.32. The Labute approximate surface area is 231 Å². The third kappa shape index (κ3) is 11.3. The molecule has 7 nitrogen and oxygen atoms in total. The zero-order chi connectivity index (χ0) is 29.0. The minimum atomic E-state index is -0.273. The van der Waals surface area contributed by atoms with Crippen LogP contribution in [0.5, 0.6) is 11.5 Å². The lowest BCUT2D eigenvalue weighted by atomic mass is 10.0. The van der Waals surface area contributed by atoms with Crippen molar-refractivity contribution >= 4 is 18.2 Å². The second kappa shape index (κ2) is 18.8. The molecule has 3 rings (SSSR count). The summed E-state index contributed by atoms with van der Waals surface area (Å²) >= 11 is 0. The number of carbonyl (C=O) groups is 1. The van der Waals surface area contributed by atoms with Crippen LogP contribution in [0, 0.1) is 12.7 Å². The summed E-state index contributed by atoms with van der Waals surface area (Å²) in [5.74, 6) is 1.22. The number of benzene rings is 2. The number of aromatic nitrogens is 1. The Kier molecular flexibility index (Phi) is 15.8. The lowest BCUT2D eigenvalue weighted by molar-refractivity contribution is -0.109. The van der Waals surface area contributed by atoms with Crippen LogP contribution in [-0.2, 0) is 11.2 Å². The summed E-state index contributed by atoms with van der Waals surface area (Å²) in [5.41, 5.74) is 16.1. The van der Waals surface area contributed by atoms with Crippen molar-refractivity contribution < 1.29 is 18.7 Å². The first-order valence-electron chi connectivity index (χ1n) is 12.8. The number of carbonyl (C=O) groups excluding carboxylic acids is 1. The molecule has 0 atom stereocenters. The van der Waals surface area contributed by atoms with Crippen molar-refractivity contribution in [1.82, 2.24) is 10.3 Å². The van der Waals surface area contributed by atoms with Crippen molar-refractivity contribution in [1.29, 1.82) is 0 Å². The number of nitrogens with zero attached hydrogens (tertiary/aromatic N) is 1. The Bertz CT molecular complexity index is 1200. The molecule has 0 aliphatic heterocycles. The number of allylic oxidation sites excluding steroid dienone is 2. The first-order chi connectivity index (χ1) is 18.9. The molecule has 0 fully saturated rings. The Hall–Kier alpha value is -4.33. The average Bonchev–Trinajstić information content (AvgIpc) is 2.94. The second-order valence-corrected chi connectivity index (χ2v) is 8.20. The number of rotatable bonds is 10. The van der Waals surface area contributed by atoms with Crippen LogP contribution >= 0.6 is 0 Å². The molecule has 0 radical (unpaired) electrons. The highest BCUT2D eigenvalue weighted by molar-refractivity contribution is 5.70. The zero-order valence-corrected chi connectivity index (χ0v) is 23.5. The third-order valence-electron chi connectivity index (χ3n) is 5.28. The van der Waals surface area contributed by atoms with E-state index in [0.29, 0.717) is 18.7 Å². The number of ether oxygens (including phenoxy) is 2. The molecule has 1 aromatic heterocycles. The van der Waals surface area contributed by atoms with Gasteiger partial charge in [0.2, 0.25) is 6.41 Å². The monoisotopic (exact) mass is 536 g/mol. The number of anilines is 1. The minimum Gasteiger partial charge on any atom is -0.496 e. The van der Waals surface area contributed by atoms with E-state index in [9.17, 15) is 4.39 Å². The van der Waals surface area contributed by atoms with Gasteiger partial charge in [0.05, 0.1) is 13.7 Å². The van der Waals surface area contributed by atoms with E-state index in [1.807, 2.05) is 57.2 Å². The average molecular weight is 537 g/mol. The molecule has 0 aliphatic carbocycles. The maximum absolute atomic E-state index is 13.4. The number of nitrogen functional groups attached to an aromatic ring is 1. The molecular formula is C31H41FN4O3. The highest BCUT2D eigenvalue weighted by Gasteiger charge is 2.13. The molecular weight excluding hydrogens is 495 g/mol. The molecule has 0 aliphatic rings.